The van der Waals surface area contributed by atoms with Crippen molar-refractivity contribution in [1.29, 1.82) is 0 Å². The van der Waals surface area contributed by atoms with Crippen molar-refractivity contribution >= 4 is 29.3 Å². The SMILES string of the molecule is O=C(COC(=O)c1cccc(N2CCNC2=O)c1)Nc1ccc(O)cc1. The van der Waals surface area contributed by atoms with E-state index in [-0.39, 0.29) is 17.3 Å². The zero-order valence-corrected chi connectivity index (χ0v) is 13.8. The number of anilines is 2. The second-order valence-electron chi connectivity index (χ2n) is 5.61. The first-order valence-electron chi connectivity index (χ1n) is 7.94. The van der Waals surface area contributed by atoms with Gasteiger partial charge in [-0.3, -0.25) is 9.69 Å². The molecule has 8 nitrogen and oxygen atoms in total. The van der Waals surface area contributed by atoms with Gasteiger partial charge in [0.25, 0.3) is 5.91 Å². The molecule has 1 fully saturated rings. The molecule has 1 saturated heterocycles. The molecule has 0 aromatic heterocycles. The number of carbonyl (C=O) groups is 3. The summed E-state index contributed by atoms with van der Waals surface area (Å²) in [6, 6.07) is 12.2. The molecule has 2 aromatic carbocycles. The number of amides is 3. The Labute approximate surface area is 149 Å². The molecule has 0 atom stereocenters. The van der Waals surface area contributed by atoms with Crippen molar-refractivity contribution in [3.05, 3.63) is 54.1 Å². The van der Waals surface area contributed by atoms with Crippen LogP contribution in [-0.2, 0) is 9.53 Å². The van der Waals surface area contributed by atoms with E-state index in [2.05, 4.69) is 10.6 Å². The molecule has 0 bridgehead atoms. The van der Waals surface area contributed by atoms with Gasteiger partial charge in [0.15, 0.2) is 6.61 Å². The lowest BCUT2D eigenvalue weighted by Gasteiger charge is -2.15. The number of rotatable bonds is 5. The quantitative estimate of drug-likeness (QED) is 0.559. The first-order valence-corrected chi connectivity index (χ1v) is 7.94. The van der Waals surface area contributed by atoms with Crippen LogP contribution in [0.15, 0.2) is 48.5 Å². The molecule has 3 rings (SSSR count). The number of benzene rings is 2. The highest BCUT2D eigenvalue weighted by Crippen LogP contribution is 2.19. The number of phenols is 1. The molecule has 0 spiro atoms. The summed E-state index contributed by atoms with van der Waals surface area (Å²) in [6.07, 6.45) is 0. The maximum absolute atomic E-state index is 12.1. The Bertz CT molecular complexity index is 835. The fourth-order valence-corrected chi connectivity index (χ4v) is 2.48. The van der Waals surface area contributed by atoms with Gasteiger partial charge in [0.2, 0.25) is 0 Å². The summed E-state index contributed by atoms with van der Waals surface area (Å²) in [5, 5.41) is 14.4. The van der Waals surface area contributed by atoms with Crippen molar-refractivity contribution in [3.8, 4) is 5.75 Å². The number of esters is 1. The molecule has 1 aliphatic heterocycles. The highest BCUT2D eigenvalue weighted by molar-refractivity contribution is 5.98. The van der Waals surface area contributed by atoms with E-state index in [1.807, 2.05) is 0 Å². The third-order valence-corrected chi connectivity index (χ3v) is 3.74. The Hall–Kier alpha value is -3.55. The van der Waals surface area contributed by atoms with Crippen LogP contribution in [0.1, 0.15) is 10.4 Å². The van der Waals surface area contributed by atoms with Gasteiger partial charge in [-0.05, 0) is 42.5 Å². The number of urea groups is 1. The summed E-state index contributed by atoms with van der Waals surface area (Å²) < 4.78 is 5.01. The van der Waals surface area contributed by atoms with Gasteiger partial charge in [-0.15, -0.1) is 0 Å². The van der Waals surface area contributed by atoms with Gasteiger partial charge in [0.05, 0.1) is 5.56 Å². The van der Waals surface area contributed by atoms with Crippen LogP contribution in [0.3, 0.4) is 0 Å². The number of carbonyl (C=O) groups excluding carboxylic acids is 3. The number of hydrogen-bond donors (Lipinski definition) is 3. The molecule has 26 heavy (non-hydrogen) atoms. The Morgan fingerprint density at radius 1 is 1.19 bits per heavy atom. The zero-order chi connectivity index (χ0) is 18.5. The van der Waals surface area contributed by atoms with Crippen molar-refractivity contribution in [2.24, 2.45) is 0 Å². The molecule has 3 amide bonds. The minimum atomic E-state index is -0.660. The number of hydrogen-bond acceptors (Lipinski definition) is 5. The zero-order valence-electron chi connectivity index (χ0n) is 13.8. The Morgan fingerprint density at radius 2 is 1.96 bits per heavy atom. The third kappa shape index (κ3) is 4.10. The smallest absolute Gasteiger partial charge is 0.338 e. The number of ether oxygens (including phenoxy) is 1. The largest absolute Gasteiger partial charge is 0.508 e. The molecular formula is C18H17N3O5. The molecule has 134 valence electrons. The normalized spacial score (nSPS) is 13.2. The molecule has 1 aliphatic rings. The number of nitrogens with zero attached hydrogens (tertiary/aromatic N) is 1. The summed E-state index contributed by atoms with van der Waals surface area (Å²) in [5.74, 6) is -1.08. The second kappa shape index (κ2) is 7.56. The van der Waals surface area contributed by atoms with Crippen molar-refractivity contribution in [2.45, 2.75) is 0 Å². The fourth-order valence-electron chi connectivity index (χ4n) is 2.48. The molecule has 0 aliphatic carbocycles. The molecule has 0 saturated carbocycles. The van der Waals surface area contributed by atoms with E-state index in [0.29, 0.717) is 24.5 Å². The van der Waals surface area contributed by atoms with Gasteiger partial charge in [-0.25, -0.2) is 9.59 Å². The van der Waals surface area contributed by atoms with Crippen LogP contribution < -0.4 is 15.5 Å². The van der Waals surface area contributed by atoms with Gasteiger partial charge in [-0.1, -0.05) is 6.07 Å². The van der Waals surface area contributed by atoms with Crippen molar-refractivity contribution in [1.82, 2.24) is 5.32 Å². The van der Waals surface area contributed by atoms with E-state index in [0.717, 1.165) is 0 Å². The highest BCUT2D eigenvalue weighted by atomic mass is 16.5. The molecule has 2 aromatic rings. The highest BCUT2D eigenvalue weighted by Gasteiger charge is 2.22. The van der Waals surface area contributed by atoms with E-state index in [4.69, 9.17) is 4.74 Å². The van der Waals surface area contributed by atoms with Gasteiger partial charge >= 0.3 is 12.0 Å². The van der Waals surface area contributed by atoms with Crippen LogP contribution in [0.4, 0.5) is 16.2 Å². The summed E-state index contributed by atoms with van der Waals surface area (Å²) in [7, 11) is 0. The maximum Gasteiger partial charge on any atom is 0.338 e. The number of phenolic OH excluding ortho intramolecular Hbond substituents is 1. The Morgan fingerprint density at radius 3 is 2.65 bits per heavy atom. The average Bonchev–Trinajstić information content (AvgIpc) is 3.08. The summed E-state index contributed by atoms with van der Waals surface area (Å²) in [6.45, 7) is 0.617. The van der Waals surface area contributed by atoms with E-state index < -0.39 is 18.5 Å². The molecular weight excluding hydrogens is 338 g/mol. The minimum Gasteiger partial charge on any atom is -0.508 e. The molecule has 8 heteroatoms. The first kappa shape index (κ1) is 17.3. The predicted molar refractivity (Wildman–Crippen MR) is 94.2 cm³/mol. The molecule has 0 unspecified atom stereocenters. The molecule has 1 heterocycles. The number of aromatic hydroxyl groups is 1. The first-order chi connectivity index (χ1) is 12.5. The molecule has 0 radical (unpaired) electrons. The summed E-state index contributed by atoms with van der Waals surface area (Å²) in [4.78, 5) is 37.2. The third-order valence-electron chi connectivity index (χ3n) is 3.74. The Kier molecular flexibility index (Phi) is 5.02. The van der Waals surface area contributed by atoms with Crippen molar-refractivity contribution in [2.75, 3.05) is 29.9 Å². The van der Waals surface area contributed by atoms with Gasteiger partial charge < -0.3 is 20.5 Å². The predicted octanol–water partition coefficient (Wildman–Crippen LogP) is 1.72. The van der Waals surface area contributed by atoms with Crippen LogP contribution in [-0.4, -0.2) is 42.7 Å². The van der Waals surface area contributed by atoms with E-state index >= 15 is 0 Å². The topological polar surface area (TPSA) is 108 Å². The van der Waals surface area contributed by atoms with Crippen LogP contribution in [0, 0.1) is 0 Å². The van der Waals surface area contributed by atoms with Crippen LogP contribution in [0.25, 0.3) is 0 Å². The minimum absolute atomic E-state index is 0.0843. The second-order valence-corrected chi connectivity index (χ2v) is 5.61. The van der Waals surface area contributed by atoms with E-state index in [9.17, 15) is 19.5 Å². The fraction of sp³-hybridized carbons (Fsp3) is 0.167. The van der Waals surface area contributed by atoms with E-state index in [1.165, 1.54) is 29.2 Å². The van der Waals surface area contributed by atoms with Crippen molar-refractivity contribution < 1.29 is 24.2 Å². The van der Waals surface area contributed by atoms with E-state index in [1.54, 1.807) is 24.3 Å². The number of nitrogens with one attached hydrogen (secondary N) is 2. The van der Waals surface area contributed by atoms with Gasteiger partial charge in [0, 0.05) is 24.5 Å². The van der Waals surface area contributed by atoms with Gasteiger partial charge in [0.1, 0.15) is 5.75 Å². The summed E-state index contributed by atoms with van der Waals surface area (Å²) >= 11 is 0. The average molecular weight is 355 g/mol. The standard InChI is InChI=1S/C18H17N3O5/c22-15-6-4-13(5-7-15)20-16(23)11-26-17(24)12-2-1-3-14(10-12)21-9-8-19-18(21)25/h1-7,10,22H,8-9,11H2,(H,19,25)(H,20,23). The Balaban J connectivity index is 1.57. The lowest BCUT2D eigenvalue weighted by Crippen LogP contribution is -2.27. The lowest BCUT2D eigenvalue weighted by atomic mass is 10.2. The van der Waals surface area contributed by atoms with Crippen molar-refractivity contribution in [3.63, 3.8) is 0 Å². The lowest BCUT2D eigenvalue weighted by molar-refractivity contribution is -0.119. The van der Waals surface area contributed by atoms with Crippen LogP contribution >= 0.6 is 0 Å². The maximum atomic E-state index is 12.1. The van der Waals surface area contributed by atoms with Gasteiger partial charge in [-0.2, -0.15) is 0 Å². The monoisotopic (exact) mass is 355 g/mol. The molecule has 3 N–H and O–H groups in total. The summed E-state index contributed by atoms with van der Waals surface area (Å²) in [5.41, 5.74) is 1.31. The van der Waals surface area contributed by atoms with Crippen LogP contribution in [0.5, 0.6) is 5.75 Å². The van der Waals surface area contributed by atoms with Crippen LogP contribution in [0.2, 0.25) is 0 Å².